The van der Waals surface area contributed by atoms with Crippen molar-refractivity contribution in [3.8, 4) is 17.1 Å². The molecule has 5 heteroatoms. The number of ether oxygens (including phenoxy) is 1. The molecule has 5 nitrogen and oxygen atoms in total. The average molecular weight is 322 g/mol. The number of benzene rings is 2. The van der Waals surface area contributed by atoms with Crippen LogP contribution in [-0.2, 0) is 0 Å². The van der Waals surface area contributed by atoms with Crippen LogP contribution in [0.2, 0.25) is 0 Å². The number of hydrogen-bond donors (Lipinski definition) is 1. The molecule has 3 rings (SSSR count). The third-order valence-corrected chi connectivity index (χ3v) is 3.49. The van der Waals surface area contributed by atoms with Gasteiger partial charge in [0.2, 0.25) is 0 Å². The fourth-order valence-electron chi connectivity index (χ4n) is 2.31. The van der Waals surface area contributed by atoms with Gasteiger partial charge in [-0.2, -0.15) is 0 Å². The van der Waals surface area contributed by atoms with E-state index in [-0.39, 0.29) is 11.6 Å². The van der Waals surface area contributed by atoms with Crippen LogP contribution in [0.25, 0.3) is 11.3 Å². The summed E-state index contributed by atoms with van der Waals surface area (Å²) in [6.45, 7) is 4.39. The summed E-state index contributed by atoms with van der Waals surface area (Å²) < 4.78 is 10.8. The van der Waals surface area contributed by atoms with Crippen molar-refractivity contribution >= 4 is 11.6 Å². The average Bonchev–Trinajstić information content (AvgIpc) is 3.08. The second-order valence-corrected chi connectivity index (χ2v) is 5.33. The second kappa shape index (κ2) is 7.00. The highest BCUT2D eigenvalue weighted by Gasteiger charge is 2.15. The number of carbonyl (C=O) groups is 1. The largest absolute Gasteiger partial charge is 0.492 e. The summed E-state index contributed by atoms with van der Waals surface area (Å²) in [5.41, 5.74) is 2.76. The summed E-state index contributed by atoms with van der Waals surface area (Å²) in [4.78, 5) is 12.4. The summed E-state index contributed by atoms with van der Waals surface area (Å²) in [6, 6.07) is 16.8. The van der Waals surface area contributed by atoms with Crippen LogP contribution in [0, 0.1) is 6.92 Å². The zero-order valence-electron chi connectivity index (χ0n) is 13.6. The normalized spacial score (nSPS) is 10.4. The zero-order chi connectivity index (χ0) is 16.9. The predicted molar refractivity (Wildman–Crippen MR) is 92.2 cm³/mol. The molecule has 0 bridgehead atoms. The number of carbonyl (C=O) groups excluding carboxylic acids is 1. The van der Waals surface area contributed by atoms with Gasteiger partial charge in [-0.3, -0.25) is 4.79 Å². The molecule has 0 saturated heterocycles. The topological polar surface area (TPSA) is 64.4 Å². The molecule has 1 N–H and O–H groups in total. The molecule has 0 radical (unpaired) electrons. The number of hydrogen-bond acceptors (Lipinski definition) is 4. The molecule has 122 valence electrons. The Labute approximate surface area is 140 Å². The van der Waals surface area contributed by atoms with Crippen molar-refractivity contribution in [3.05, 3.63) is 65.9 Å². The van der Waals surface area contributed by atoms with E-state index in [0.29, 0.717) is 23.8 Å². The molecule has 24 heavy (non-hydrogen) atoms. The molecule has 0 saturated carbocycles. The number of anilines is 1. The second-order valence-electron chi connectivity index (χ2n) is 5.33. The van der Waals surface area contributed by atoms with Crippen LogP contribution >= 0.6 is 0 Å². The van der Waals surface area contributed by atoms with Gasteiger partial charge in [-0.15, -0.1) is 0 Å². The zero-order valence-corrected chi connectivity index (χ0v) is 13.6. The van der Waals surface area contributed by atoms with E-state index in [1.54, 1.807) is 6.07 Å². The molecule has 1 heterocycles. The number of rotatable bonds is 5. The van der Waals surface area contributed by atoms with Crippen molar-refractivity contribution in [3.63, 3.8) is 0 Å². The maximum Gasteiger partial charge on any atom is 0.277 e. The molecule has 0 aliphatic rings. The Kier molecular flexibility index (Phi) is 4.61. The Morgan fingerprint density at radius 1 is 1.17 bits per heavy atom. The van der Waals surface area contributed by atoms with Gasteiger partial charge in [-0.25, -0.2) is 0 Å². The lowest BCUT2D eigenvalue weighted by atomic mass is 10.1. The van der Waals surface area contributed by atoms with Gasteiger partial charge in [-0.1, -0.05) is 41.6 Å². The van der Waals surface area contributed by atoms with Crippen molar-refractivity contribution in [2.75, 3.05) is 11.9 Å². The standard InChI is InChI=1S/C19H18N2O3/c1-3-23-18-11-13(2)9-10-15(18)20-19(22)16-12-17(24-21-16)14-7-5-4-6-8-14/h4-12H,3H2,1-2H3,(H,20,22). The number of nitrogens with zero attached hydrogens (tertiary/aromatic N) is 1. The van der Waals surface area contributed by atoms with Gasteiger partial charge in [-0.05, 0) is 31.5 Å². The van der Waals surface area contributed by atoms with E-state index < -0.39 is 0 Å². The fourth-order valence-corrected chi connectivity index (χ4v) is 2.31. The van der Waals surface area contributed by atoms with Crippen LogP contribution in [0.4, 0.5) is 5.69 Å². The minimum Gasteiger partial charge on any atom is -0.492 e. The monoisotopic (exact) mass is 322 g/mol. The molecule has 1 amide bonds. The maximum absolute atomic E-state index is 12.4. The van der Waals surface area contributed by atoms with Gasteiger partial charge in [0.1, 0.15) is 5.75 Å². The summed E-state index contributed by atoms with van der Waals surface area (Å²) in [6.07, 6.45) is 0. The van der Waals surface area contributed by atoms with Crippen molar-refractivity contribution in [1.82, 2.24) is 5.16 Å². The van der Waals surface area contributed by atoms with Crippen LogP contribution in [0.15, 0.2) is 59.1 Å². The highest BCUT2D eigenvalue weighted by Crippen LogP contribution is 2.27. The lowest BCUT2D eigenvalue weighted by Crippen LogP contribution is -2.13. The van der Waals surface area contributed by atoms with Gasteiger partial charge >= 0.3 is 0 Å². The van der Waals surface area contributed by atoms with Crippen LogP contribution in [0.3, 0.4) is 0 Å². The quantitative estimate of drug-likeness (QED) is 0.760. The smallest absolute Gasteiger partial charge is 0.277 e. The first-order valence-electron chi connectivity index (χ1n) is 7.74. The summed E-state index contributed by atoms with van der Waals surface area (Å²) in [5.74, 6) is 0.845. The van der Waals surface area contributed by atoms with Gasteiger partial charge in [0.15, 0.2) is 11.5 Å². The van der Waals surface area contributed by atoms with Crippen LogP contribution in [0.1, 0.15) is 23.0 Å². The Balaban J connectivity index is 1.80. The summed E-state index contributed by atoms with van der Waals surface area (Å²) >= 11 is 0. The highest BCUT2D eigenvalue weighted by atomic mass is 16.5. The lowest BCUT2D eigenvalue weighted by Gasteiger charge is -2.11. The van der Waals surface area contributed by atoms with E-state index in [1.165, 1.54) is 0 Å². The van der Waals surface area contributed by atoms with Crippen molar-refractivity contribution < 1.29 is 14.1 Å². The van der Waals surface area contributed by atoms with Crippen molar-refractivity contribution in [1.29, 1.82) is 0 Å². The van der Waals surface area contributed by atoms with E-state index in [4.69, 9.17) is 9.26 Å². The molecule has 0 spiro atoms. The fraction of sp³-hybridized carbons (Fsp3) is 0.158. The van der Waals surface area contributed by atoms with E-state index in [2.05, 4.69) is 10.5 Å². The molecule has 1 aromatic heterocycles. The Hall–Kier alpha value is -3.08. The minimum atomic E-state index is -0.342. The van der Waals surface area contributed by atoms with E-state index in [1.807, 2.05) is 62.4 Å². The van der Waals surface area contributed by atoms with E-state index in [9.17, 15) is 4.79 Å². The number of amides is 1. The lowest BCUT2D eigenvalue weighted by molar-refractivity contribution is 0.101. The number of nitrogens with one attached hydrogen (secondary N) is 1. The predicted octanol–water partition coefficient (Wildman–Crippen LogP) is 4.30. The first kappa shape index (κ1) is 15.8. The number of aromatic nitrogens is 1. The van der Waals surface area contributed by atoms with Crippen LogP contribution in [-0.4, -0.2) is 17.7 Å². The van der Waals surface area contributed by atoms with Gasteiger partial charge in [0.25, 0.3) is 5.91 Å². The highest BCUT2D eigenvalue weighted by molar-refractivity contribution is 6.04. The Morgan fingerprint density at radius 3 is 2.71 bits per heavy atom. The van der Waals surface area contributed by atoms with Gasteiger partial charge in [0.05, 0.1) is 12.3 Å². The van der Waals surface area contributed by atoms with Crippen LogP contribution in [0.5, 0.6) is 5.75 Å². The Morgan fingerprint density at radius 2 is 1.96 bits per heavy atom. The minimum absolute atomic E-state index is 0.219. The molecular weight excluding hydrogens is 304 g/mol. The van der Waals surface area contributed by atoms with Gasteiger partial charge in [0, 0.05) is 11.6 Å². The Bertz CT molecular complexity index is 841. The van der Waals surface area contributed by atoms with Crippen molar-refractivity contribution in [2.24, 2.45) is 0 Å². The summed E-state index contributed by atoms with van der Waals surface area (Å²) in [7, 11) is 0. The van der Waals surface area contributed by atoms with Gasteiger partial charge < -0.3 is 14.6 Å². The molecule has 2 aromatic carbocycles. The molecule has 0 aliphatic heterocycles. The van der Waals surface area contributed by atoms with Crippen molar-refractivity contribution in [2.45, 2.75) is 13.8 Å². The summed E-state index contributed by atoms with van der Waals surface area (Å²) in [5, 5.41) is 6.67. The van der Waals surface area contributed by atoms with E-state index >= 15 is 0 Å². The SMILES string of the molecule is CCOc1cc(C)ccc1NC(=O)c1cc(-c2ccccc2)on1. The first-order valence-corrected chi connectivity index (χ1v) is 7.74. The molecule has 0 unspecified atom stereocenters. The third-order valence-electron chi connectivity index (χ3n) is 3.49. The van der Waals surface area contributed by atoms with Crippen LogP contribution < -0.4 is 10.1 Å². The number of aryl methyl sites for hydroxylation is 1. The maximum atomic E-state index is 12.4. The molecular formula is C19H18N2O3. The van der Waals surface area contributed by atoms with E-state index in [0.717, 1.165) is 11.1 Å². The molecule has 3 aromatic rings. The molecule has 0 aliphatic carbocycles. The third kappa shape index (κ3) is 3.46. The molecule has 0 fully saturated rings. The molecule has 0 atom stereocenters. The first-order chi connectivity index (χ1) is 11.7.